The molecule has 0 bridgehead atoms. The van der Waals surface area contributed by atoms with Crippen molar-refractivity contribution in [1.29, 1.82) is 0 Å². The number of halogens is 3. The van der Waals surface area contributed by atoms with Crippen molar-refractivity contribution < 1.29 is 35.9 Å². The van der Waals surface area contributed by atoms with Crippen molar-refractivity contribution in [3.05, 3.63) is 60.7 Å². The quantitative estimate of drug-likeness (QED) is 0.533. The van der Waals surface area contributed by atoms with Gasteiger partial charge in [-0.3, -0.25) is 4.79 Å². The molecule has 0 aliphatic heterocycles. The fourth-order valence-corrected chi connectivity index (χ4v) is 3.46. The van der Waals surface area contributed by atoms with Crippen LogP contribution in [0.25, 0.3) is 0 Å². The van der Waals surface area contributed by atoms with Gasteiger partial charge in [-0.2, -0.15) is 13.2 Å². The van der Waals surface area contributed by atoms with Gasteiger partial charge in [0.2, 0.25) is 10.0 Å². The molecule has 168 valence electrons. The average Bonchev–Trinajstić information content (AvgIpc) is 2.71. The number of benzene rings is 2. The van der Waals surface area contributed by atoms with E-state index >= 15 is 0 Å². The molecule has 2 rings (SSSR count). The van der Waals surface area contributed by atoms with Crippen molar-refractivity contribution >= 4 is 21.6 Å². The highest BCUT2D eigenvalue weighted by molar-refractivity contribution is 7.89. The lowest BCUT2D eigenvalue weighted by Gasteiger charge is -2.12. The molecule has 2 aromatic carbocycles. The van der Waals surface area contributed by atoms with Gasteiger partial charge >= 0.3 is 6.18 Å². The van der Waals surface area contributed by atoms with Crippen LogP contribution in [0.15, 0.2) is 60.0 Å². The first-order chi connectivity index (χ1) is 14.5. The van der Waals surface area contributed by atoms with Crippen LogP contribution in [0.1, 0.15) is 5.56 Å². The third-order valence-electron chi connectivity index (χ3n) is 3.88. The number of alkyl halides is 3. The number of anilines is 1. The number of carbonyl (C=O) groups is 1. The fourth-order valence-electron chi connectivity index (χ4n) is 2.44. The first-order valence-electron chi connectivity index (χ1n) is 8.91. The largest absolute Gasteiger partial charge is 0.493 e. The van der Waals surface area contributed by atoms with E-state index in [9.17, 15) is 26.4 Å². The van der Waals surface area contributed by atoms with Crippen molar-refractivity contribution in [2.45, 2.75) is 17.5 Å². The van der Waals surface area contributed by atoms with Crippen LogP contribution in [0, 0.1) is 0 Å². The van der Waals surface area contributed by atoms with Crippen LogP contribution in [0.5, 0.6) is 11.5 Å². The molecule has 7 nitrogen and oxygen atoms in total. The van der Waals surface area contributed by atoms with Crippen LogP contribution in [-0.4, -0.2) is 40.8 Å². The van der Waals surface area contributed by atoms with E-state index in [2.05, 4.69) is 11.9 Å². The lowest BCUT2D eigenvalue weighted by atomic mass is 10.1. The summed E-state index contributed by atoms with van der Waals surface area (Å²) >= 11 is 0. The first kappa shape index (κ1) is 24.2. The summed E-state index contributed by atoms with van der Waals surface area (Å²) in [5.41, 5.74) is 1.21. The zero-order chi connectivity index (χ0) is 23.1. The number of ether oxygens (including phenoxy) is 2. The predicted molar refractivity (Wildman–Crippen MR) is 109 cm³/mol. The van der Waals surface area contributed by atoms with Gasteiger partial charge in [-0.25, -0.2) is 13.1 Å². The summed E-state index contributed by atoms with van der Waals surface area (Å²) in [6.07, 6.45) is -2.28. The highest BCUT2D eigenvalue weighted by atomic mass is 32.2. The zero-order valence-electron chi connectivity index (χ0n) is 16.5. The number of allylic oxidation sites excluding steroid dienone is 1. The molecule has 1 amide bonds. The van der Waals surface area contributed by atoms with E-state index in [1.54, 1.807) is 18.2 Å². The number of carbonyl (C=O) groups excluding carboxylic acids is 1. The summed E-state index contributed by atoms with van der Waals surface area (Å²) in [5.74, 6) is 0.290. The average molecular weight is 458 g/mol. The zero-order valence-corrected chi connectivity index (χ0v) is 17.3. The lowest BCUT2D eigenvalue weighted by molar-refractivity contribution is -0.121. The maximum absolute atomic E-state index is 12.2. The van der Waals surface area contributed by atoms with Crippen LogP contribution < -0.4 is 19.5 Å². The smallest absolute Gasteiger partial charge is 0.402 e. The third kappa shape index (κ3) is 7.61. The van der Waals surface area contributed by atoms with Crippen molar-refractivity contribution in [1.82, 2.24) is 4.72 Å². The van der Waals surface area contributed by atoms with Crippen LogP contribution >= 0.6 is 0 Å². The SMILES string of the molecule is C=CCc1ccc(OCC(=O)Nc2ccc(S(=O)(=O)NCC(F)(F)F)cc2)c(OC)c1. The number of hydrogen-bond donors (Lipinski definition) is 2. The molecule has 2 aromatic rings. The molecule has 0 aliphatic rings. The van der Waals surface area contributed by atoms with Crippen LogP contribution in [0.4, 0.5) is 18.9 Å². The van der Waals surface area contributed by atoms with E-state index in [1.165, 1.54) is 24.0 Å². The molecule has 0 heterocycles. The van der Waals surface area contributed by atoms with E-state index < -0.39 is 28.7 Å². The molecule has 11 heteroatoms. The molecule has 31 heavy (non-hydrogen) atoms. The summed E-state index contributed by atoms with van der Waals surface area (Å²) < 4.78 is 72.5. The van der Waals surface area contributed by atoms with Gasteiger partial charge in [-0.1, -0.05) is 12.1 Å². The summed E-state index contributed by atoms with van der Waals surface area (Å²) in [5, 5.41) is 2.50. The number of rotatable bonds is 10. The van der Waals surface area contributed by atoms with E-state index in [0.717, 1.165) is 17.7 Å². The van der Waals surface area contributed by atoms with Gasteiger partial charge in [-0.05, 0) is 48.4 Å². The second-order valence-corrected chi connectivity index (χ2v) is 8.05. The highest BCUT2D eigenvalue weighted by Crippen LogP contribution is 2.28. The maximum atomic E-state index is 12.2. The Morgan fingerprint density at radius 3 is 2.39 bits per heavy atom. The molecular weight excluding hydrogens is 437 g/mol. The second kappa shape index (κ2) is 10.3. The molecular formula is C20H21F3N2O5S. The molecule has 0 unspecified atom stereocenters. The summed E-state index contributed by atoms with van der Waals surface area (Å²) in [7, 11) is -2.86. The maximum Gasteiger partial charge on any atom is 0.402 e. The Labute approximate surface area is 177 Å². The normalized spacial score (nSPS) is 11.6. The Hall–Kier alpha value is -3.05. The van der Waals surface area contributed by atoms with Crippen LogP contribution in [0.3, 0.4) is 0 Å². The van der Waals surface area contributed by atoms with Crippen LogP contribution in [0.2, 0.25) is 0 Å². The van der Waals surface area contributed by atoms with Gasteiger partial charge in [-0.15, -0.1) is 6.58 Å². The Morgan fingerprint density at radius 2 is 1.81 bits per heavy atom. The van der Waals surface area contributed by atoms with Gasteiger partial charge in [0, 0.05) is 5.69 Å². The van der Waals surface area contributed by atoms with Crippen molar-refractivity contribution in [3.8, 4) is 11.5 Å². The molecule has 0 aromatic heterocycles. The minimum atomic E-state index is -4.67. The molecule has 0 spiro atoms. The highest BCUT2D eigenvalue weighted by Gasteiger charge is 2.30. The minimum Gasteiger partial charge on any atom is -0.493 e. The van der Waals surface area contributed by atoms with Crippen LogP contribution in [-0.2, 0) is 21.2 Å². The number of hydrogen-bond acceptors (Lipinski definition) is 5. The minimum absolute atomic E-state index is 0.247. The van der Waals surface area contributed by atoms with Gasteiger partial charge in [0.15, 0.2) is 18.1 Å². The molecule has 0 atom stereocenters. The third-order valence-corrected chi connectivity index (χ3v) is 5.29. The van der Waals surface area contributed by atoms with E-state index in [1.807, 2.05) is 6.07 Å². The molecule has 0 saturated carbocycles. The second-order valence-electron chi connectivity index (χ2n) is 6.28. The Morgan fingerprint density at radius 1 is 1.13 bits per heavy atom. The molecule has 0 aliphatic carbocycles. The molecule has 0 radical (unpaired) electrons. The van der Waals surface area contributed by atoms with Gasteiger partial charge in [0.05, 0.1) is 12.0 Å². The topological polar surface area (TPSA) is 93.7 Å². The fraction of sp³-hybridized carbons (Fsp3) is 0.250. The summed E-state index contributed by atoms with van der Waals surface area (Å²) in [6.45, 7) is 1.64. The Kier molecular flexibility index (Phi) is 8.06. The Bertz CT molecular complexity index is 1020. The summed E-state index contributed by atoms with van der Waals surface area (Å²) in [6, 6.07) is 9.91. The summed E-state index contributed by atoms with van der Waals surface area (Å²) in [4.78, 5) is 11.7. The number of amides is 1. The monoisotopic (exact) mass is 458 g/mol. The van der Waals surface area contributed by atoms with E-state index in [4.69, 9.17) is 9.47 Å². The van der Waals surface area contributed by atoms with Gasteiger partial charge < -0.3 is 14.8 Å². The Balaban J connectivity index is 1.95. The van der Waals surface area contributed by atoms with E-state index in [0.29, 0.717) is 17.9 Å². The molecule has 0 saturated heterocycles. The van der Waals surface area contributed by atoms with Crippen molar-refractivity contribution in [2.75, 3.05) is 25.6 Å². The van der Waals surface area contributed by atoms with Crippen molar-refractivity contribution in [2.24, 2.45) is 0 Å². The van der Waals surface area contributed by atoms with E-state index in [-0.39, 0.29) is 17.2 Å². The molecule has 2 N–H and O–H groups in total. The first-order valence-corrected chi connectivity index (χ1v) is 10.4. The lowest BCUT2D eigenvalue weighted by Crippen LogP contribution is -2.33. The predicted octanol–water partition coefficient (Wildman–Crippen LogP) is 3.28. The molecule has 0 fully saturated rings. The number of methoxy groups -OCH3 is 1. The van der Waals surface area contributed by atoms with Crippen molar-refractivity contribution in [3.63, 3.8) is 0 Å². The van der Waals surface area contributed by atoms with Gasteiger partial charge in [0.25, 0.3) is 5.91 Å². The number of nitrogens with one attached hydrogen (secondary N) is 2. The number of sulfonamides is 1. The standard InChI is InChI=1S/C20H21F3N2O5S/c1-3-4-14-5-10-17(18(11-14)29-2)30-12-19(26)25-15-6-8-16(9-7-15)31(27,28)24-13-20(21,22)23/h3,5-11,24H,1,4,12-13H2,2H3,(H,25,26). The van der Waals surface area contributed by atoms with Gasteiger partial charge in [0.1, 0.15) is 6.54 Å².